The summed E-state index contributed by atoms with van der Waals surface area (Å²) in [6.07, 6.45) is 4.09. The predicted octanol–water partition coefficient (Wildman–Crippen LogP) is 2.69. The molecule has 112 valence electrons. The largest absolute Gasteiger partial charge is 0.497 e. The Labute approximate surface area is 128 Å². The van der Waals surface area contributed by atoms with E-state index in [-0.39, 0.29) is 12.4 Å². The van der Waals surface area contributed by atoms with Gasteiger partial charge in [0.2, 0.25) is 0 Å². The van der Waals surface area contributed by atoms with E-state index in [2.05, 4.69) is 34.5 Å². The monoisotopic (exact) mass is 296 g/mol. The van der Waals surface area contributed by atoms with Crippen molar-refractivity contribution >= 4 is 12.4 Å². The third-order valence-electron chi connectivity index (χ3n) is 4.75. The molecule has 2 heterocycles. The van der Waals surface area contributed by atoms with Gasteiger partial charge in [-0.15, -0.1) is 12.4 Å². The summed E-state index contributed by atoms with van der Waals surface area (Å²) >= 11 is 0. The second-order valence-corrected chi connectivity index (χ2v) is 6.06. The highest BCUT2D eigenvalue weighted by Crippen LogP contribution is 2.39. The molecule has 3 rings (SSSR count). The molecule has 0 unspecified atom stereocenters. The fraction of sp³-hybridized carbons (Fsp3) is 0.625. The van der Waals surface area contributed by atoms with E-state index in [0.29, 0.717) is 5.41 Å². The first-order valence-corrected chi connectivity index (χ1v) is 7.36. The zero-order valence-electron chi connectivity index (χ0n) is 12.2. The molecule has 0 aromatic heterocycles. The number of rotatable bonds is 3. The van der Waals surface area contributed by atoms with Crippen LogP contribution in [0.4, 0.5) is 0 Å². The van der Waals surface area contributed by atoms with E-state index in [9.17, 15) is 0 Å². The van der Waals surface area contributed by atoms with Crippen LogP contribution >= 0.6 is 12.4 Å². The van der Waals surface area contributed by atoms with E-state index in [1.165, 1.54) is 51.0 Å². The number of benzene rings is 1. The Morgan fingerprint density at radius 3 is 2.50 bits per heavy atom. The zero-order valence-corrected chi connectivity index (χ0v) is 13.0. The number of piperidine rings is 1. The van der Waals surface area contributed by atoms with Crippen molar-refractivity contribution in [2.45, 2.75) is 25.8 Å². The summed E-state index contributed by atoms with van der Waals surface area (Å²) in [5.74, 6) is 0.944. The highest BCUT2D eigenvalue weighted by molar-refractivity contribution is 5.85. The van der Waals surface area contributed by atoms with Gasteiger partial charge in [0, 0.05) is 13.1 Å². The van der Waals surface area contributed by atoms with E-state index in [0.717, 1.165) is 12.3 Å². The van der Waals surface area contributed by atoms with Crippen molar-refractivity contribution in [3.63, 3.8) is 0 Å². The number of nitrogens with one attached hydrogen (secondary N) is 1. The lowest BCUT2D eigenvalue weighted by Gasteiger charge is -2.33. The van der Waals surface area contributed by atoms with Gasteiger partial charge in [0.05, 0.1) is 7.11 Å². The summed E-state index contributed by atoms with van der Waals surface area (Å²) in [7, 11) is 1.72. The first-order valence-electron chi connectivity index (χ1n) is 7.36. The molecule has 1 aromatic rings. The van der Waals surface area contributed by atoms with Crippen LogP contribution < -0.4 is 10.1 Å². The summed E-state index contributed by atoms with van der Waals surface area (Å²) in [6, 6.07) is 8.50. The van der Waals surface area contributed by atoms with Crippen LogP contribution in [-0.2, 0) is 6.54 Å². The maximum Gasteiger partial charge on any atom is 0.118 e. The summed E-state index contributed by atoms with van der Waals surface area (Å²) in [5.41, 5.74) is 2.00. The van der Waals surface area contributed by atoms with E-state index < -0.39 is 0 Å². The SMILES string of the molecule is COc1ccc(CN2CCC3(CCNCC3)C2)cc1.Cl. The van der Waals surface area contributed by atoms with Crippen molar-refractivity contribution in [2.24, 2.45) is 5.41 Å². The molecule has 3 nitrogen and oxygen atoms in total. The van der Waals surface area contributed by atoms with Crippen molar-refractivity contribution in [1.29, 1.82) is 0 Å². The average Bonchev–Trinajstić information content (AvgIpc) is 2.83. The number of hydrogen-bond donors (Lipinski definition) is 1. The third kappa shape index (κ3) is 3.46. The fourth-order valence-corrected chi connectivity index (χ4v) is 3.52. The molecule has 2 saturated heterocycles. The second-order valence-electron chi connectivity index (χ2n) is 6.06. The van der Waals surface area contributed by atoms with Gasteiger partial charge in [0.15, 0.2) is 0 Å². The van der Waals surface area contributed by atoms with E-state index in [1.807, 2.05) is 0 Å². The van der Waals surface area contributed by atoms with Crippen molar-refractivity contribution in [3.8, 4) is 5.75 Å². The van der Waals surface area contributed by atoms with Gasteiger partial charge in [-0.3, -0.25) is 4.90 Å². The third-order valence-corrected chi connectivity index (χ3v) is 4.75. The van der Waals surface area contributed by atoms with E-state index in [1.54, 1.807) is 7.11 Å². The summed E-state index contributed by atoms with van der Waals surface area (Å²) < 4.78 is 5.21. The smallest absolute Gasteiger partial charge is 0.118 e. The molecule has 2 aliphatic rings. The molecule has 20 heavy (non-hydrogen) atoms. The number of methoxy groups -OCH3 is 1. The van der Waals surface area contributed by atoms with Gasteiger partial charge in [-0.2, -0.15) is 0 Å². The second kappa shape index (κ2) is 6.79. The van der Waals surface area contributed by atoms with Gasteiger partial charge in [0.1, 0.15) is 5.75 Å². The van der Waals surface area contributed by atoms with Crippen LogP contribution in [-0.4, -0.2) is 38.2 Å². The van der Waals surface area contributed by atoms with Crippen LogP contribution in [0.1, 0.15) is 24.8 Å². The molecule has 1 spiro atoms. The molecular weight excluding hydrogens is 272 g/mol. The van der Waals surface area contributed by atoms with Crippen LogP contribution in [0.15, 0.2) is 24.3 Å². The van der Waals surface area contributed by atoms with Crippen molar-refractivity contribution in [2.75, 3.05) is 33.3 Å². The molecule has 4 heteroatoms. The molecule has 0 saturated carbocycles. The van der Waals surface area contributed by atoms with Gasteiger partial charge in [-0.05, 0) is 62.0 Å². The van der Waals surface area contributed by atoms with E-state index in [4.69, 9.17) is 4.74 Å². The first kappa shape index (κ1) is 15.6. The molecule has 0 amide bonds. The Hall–Kier alpha value is -0.770. The normalized spacial score (nSPS) is 21.6. The molecule has 2 aliphatic heterocycles. The maximum absolute atomic E-state index is 5.21. The van der Waals surface area contributed by atoms with Gasteiger partial charge in [0.25, 0.3) is 0 Å². The Morgan fingerprint density at radius 1 is 1.15 bits per heavy atom. The Morgan fingerprint density at radius 2 is 1.85 bits per heavy atom. The molecular formula is C16H25ClN2O. The van der Waals surface area contributed by atoms with Crippen LogP contribution in [0.3, 0.4) is 0 Å². The van der Waals surface area contributed by atoms with Crippen LogP contribution in [0, 0.1) is 5.41 Å². The number of hydrogen-bond acceptors (Lipinski definition) is 3. The molecule has 0 radical (unpaired) electrons. The number of likely N-dealkylation sites (tertiary alicyclic amines) is 1. The molecule has 2 fully saturated rings. The van der Waals surface area contributed by atoms with Crippen molar-refractivity contribution in [3.05, 3.63) is 29.8 Å². The predicted molar refractivity (Wildman–Crippen MR) is 84.7 cm³/mol. The topological polar surface area (TPSA) is 24.5 Å². The van der Waals surface area contributed by atoms with Gasteiger partial charge in [-0.1, -0.05) is 12.1 Å². The molecule has 1 N–H and O–H groups in total. The van der Waals surface area contributed by atoms with Crippen LogP contribution in [0.2, 0.25) is 0 Å². The summed E-state index contributed by atoms with van der Waals surface area (Å²) in [4.78, 5) is 2.62. The minimum absolute atomic E-state index is 0. The quantitative estimate of drug-likeness (QED) is 0.928. The number of nitrogens with zero attached hydrogens (tertiary/aromatic N) is 1. The molecule has 0 aliphatic carbocycles. The van der Waals surface area contributed by atoms with Crippen LogP contribution in [0.25, 0.3) is 0 Å². The van der Waals surface area contributed by atoms with Crippen molar-refractivity contribution < 1.29 is 4.74 Å². The van der Waals surface area contributed by atoms with Crippen LogP contribution in [0.5, 0.6) is 5.75 Å². The molecule has 0 bridgehead atoms. The van der Waals surface area contributed by atoms with E-state index >= 15 is 0 Å². The average molecular weight is 297 g/mol. The summed E-state index contributed by atoms with van der Waals surface area (Å²) in [6.45, 7) is 6.03. The standard InChI is InChI=1S/C16H24N2O.ClH/c1-19-15-4-2-14(3-5-15)12-18-11-8-16(13-18)6-9-17-10-7-16;/h2-5,17H,6-13H2,1H3;1H. The lowest BCUT2D eigenvalue weighted by molar-refractivity contribution is 0.194. The maximum atomic E-state index is 5.21. The zero-order chi connectivity index (χ0) is 13.1. The lowest BCUT2D eigenvalue weighted by Crippen LogP contribution is -2.38. The van der Waals surface area contributed by atoms with Crippen molar-refractivity contribution in [1.82, 2.24) is 10.2 Å². The highest BCUT2D eigenvalue weighted by Gasteiger charge is 2.38. The minimum Gasteiger partial charge on any atom is -0.497 e. The lowest BCUT2D eigenvalue weighted by atomic mass is 9.78. The Balaban J connectivity index is 0.00000147. The van der Waals surface area contributed by atoms with Gasteiger partial charge in [-0.25, -0.2) is 0 Å². The molecule has 0 atom stereocenters. The highest BCUT2D eigenvalue weighted by atomic mass is 35.5. The summed E-state index contributed by atoms with van der Waals surface area (Å²) in [5, 5.41) is 3.48. The minimum atomic E-state index is 0. The number of halogens is 1. The number of ether oxygens (including phenoxy) is 1. The van der Waals surface area contributed by atoms with Gasteiger partial charge >= 0.3 is 0 Å². The Kier molecular flexibility index (Phi) is 5.30. The Bertz CT molecular complexity index is 415. The molecule has 1 aromatic carbocycles. The van der Waals surface area contributed by atoms with Gasteiger partial charge < -0.3 is 10.1 Å². The first-order chi connectivity index (χ1) is 9.30. The fourth-order valence-electron chi connectivity index (χ4n) is 3.52.